The van der Waals surface area contributed by atoms with Crippen LogP contribution in [-0.2, 0) is 6.42 Å². The number of hydrogen-bond donors (Lipinski definition) is 1. The number of benzene rings is 2. The molecular weight excluding hydrogens is 260 g/mol. The molecule has 1 aliphatic carbocycles. The zero-order valence-corrected chi connectivity index (χ0v) is 11.9. The third-order valence-corrected chi connectivity index (χ3v) is 3.85. The molecule has 2 aromatic rings. The number of fused-ring (bicyclic) bond motifs is 1. The third-order valence-electron chi connectivity index (χ3n) is 3.85. The second-order valence-corrected chi connectivity index (χ2v) is 5.26. The fourth-order valence-electron chi connectivity index (χ4n) is 2.90. The predicted octanol–water partition coefficient (Wildman–Crippen LogP) is 4.08. The number of nitriles is 1. The van der Waals surface area contributed by atoms with Gasteiger partial charge in [0.1, 0.15) is 11.8 Å². The molecule has 1 unspecified atom stereocenters. The molecule has 0 amide bonds. The van der Waals surface area contributed by atoms with E-state index in [1.165, 1.54) is 24.0 Å². The van der Waals surface area contributed by atoms with Crippen LogP contribution in [-0.4, -0.2) is 6.61 Å². The van der Waals surface area contributed by atoms with Gasteiger partial charge in [-0.1, -0.05) is 30.3 Å². The van der Waals surface area contributed by atoms with Gasteiger partial charge >= 0.3 is 0 Å². The van der Waals surface area contributed by atoms with Gasteiger partial charge in [0, 0.05) is 11.8 Å². The fourth-order valence-corrected chi connectivity index (χ4v) is 2.90. The Labute approximate surface area is 125 Å². The van der Waals surface area contributed by atoms with Gasteiger partial charge in [-0.2, -0.15) is 5.26 Å². The molecule has 3 rings (SSSR count). The maximum Gasteiger partial charge on any atom is 0.174 e. The maximum atomic E-state index is 8.58. The van der Waals surface area contributed by atoms with Crippen LogP contribution >= 0.6 is 0 Å². The average Bonchev–Trinajstić information content (AvgIpc) is 2.54. The van der Waals surface area contributed by atoms with Crippen molar-refractivity contribution in [3.05, 3.63) is 59.7 Å². The normalized spacial score (nSPS) is 16.6. The van der Waals surface area contributed by atoms with Crippen molar-refractivity contribution in [1.82, 2.24) is 0 Å². The lowest BCUT2D eigenvalue weighted by Crippen LogP contribution is -2.17. The third kappa shape index (κ3) is 3.17. The quantitative estimate of drug-likeness (QED) is 0.916. The van der Waals surface area contributed by atoms with Crippen molar-refractivity contribution in [2.75, 3.05) is 11.9 Å². The van der Waals surface area contributed by atoms with Crippen molar-refractivity contribution < 1.29 is 4.74 Å². The van der Waals surface area contributed by atoms with E-state index in [4.69, 9.17) is 10.00 Å². The van der Waals surface area contributed by atoms with E-state index < -0.39 is 0 Å². The minimum atomic E-state index is 0.0791. The van der Waals surface area contributed by atoms with Crippen molar-refractivity contribution in [1.29, 1.82) is 5.26 Å². The molecule has 0 fully saturated rings. The lowest BCUT2D eigenvalue weighted by Gasteiger charge is -2.27. The first-order valence-electron chi connectivity index (χ1n) is 7.31. The van der Waals surface area contributed by atoms with Crippen molar-refractivity contribution in [2.45, 2.75) is 25.3 Å². The first-order valence-corrected chi connectivity index (χ1v) is 7.31. The first kappa shape index (κ1) is 13.5. The van der Waals surface area contributed by atoms with Gasteiger partial charge in [0.15, 0.2) is 6.61 Å². The van der Waals surface area contributed by atoms with E-state index in [0.717, 1.165) is 17.9 Å². The van der Waals surface area contributed by atoms with E-state index in [0.29, 0.717) is 6.04 Å². The number of anilines is 1. The highest BCUT2D eigenvalue weighted by molar-refractivity contribution is 5.51. The lowest BCUT2D eigenvalue weighted by molar-refractivity contribution is 0.368. The van der Waals surface area contributed by atoms with E-state index in [-0.39, 0.29) is 6.61 Å². The number of nitrogens with zero attached hydrogens (tertiary/aromatic N) is 1. The zero-order chi connectivity index (χ0) is 14.5. The predicted molar refractivity (Wildman–Crippen MR) is 83.3 cm³/mol. The van der Waals surface area contributed by atoms with Gasteiger partial charge in [0.05, 0.1) is 6.04 Å². The van der Waals surface area contributed by atoms with E-state index >= 15 is 0 Å². The molecule has 1 N–H and O–H groups in total. The van der Waals surface area contributed by atoms with Gasteiger partial charge in [-0.25, -0.2) is 0 Å². The summed E-state index contributed by atoms with van der Waals surface area (Å²) in [7, 11) is 0. The number of hydrogen-bond acceptors (Lipinski definition) is 3. The second kappa shape index (κ2) is 6.32. The van der Waals surface area contributed by atoms with Crippen LogP contribution in [0.5, 0.6) is 5.75 Å². The summed E-state index contributed by atoms with van der Waals surface area (Å²) >= 11 is 0. The molecule has 21 heavy (non-hydrogen) atoms. The van der Waals surface area contributed by atoms with Crippen LogP contribution in [0.25, 0.3) is 0 Å². The Kier molecular flexibility index (Phi) is 4.07. The summed E-state index contributed by atoms with van der Waals surface area (Å²) in [4.78, 5) is 0. The first-order chi connectivity index (χ1) is 10.4. The van der Waals surface area contributed by atoms with E-state index in [1.807, 2.05) is 30.3 Å². The van der Waals surface area contributed by atoms with Crippen LogP contribution in [0.2, 0.25) is 0 Å². The number of ether oxygens (including phenoxy) is 1. The van der Waals surface area contributed by atoms with Crippen LogP contribution in [0.1, 0.15) is 30.0 Å². The Morgan fingerprint density at radius 2 is 2.10 bits per heavy atom. The Balaban J connectivity index is 1.77. The molecule has 2 aromatic carbocycles. The van der Waals surface area contributed by atoms with Crippen LogP contribution in [0.4, 0.5) is 5.69 Å². The lowest BCUT2D eigenvalue weighted by atomic mass is 9.87. The van der Waals surface area contributed by atoms with Crippen molar-refractivity contribution >= 4 is 5.69 Å². The molecule has 0 aliphatic heterocycles. The number of aryl methyl sites for hydroxylation is 1. The molecule has 1 atom stereocenters. The largest absolute Gasteiger partial charge is 0.479 e. The SMILES string of the molecule is N#CCOc1cccc(NC2CCCc3ccccc32)c1. The standard InChI is InChI=1S/C18H18N2O/c19-11-12-21-16-8-4-7-15(13-16)20-18-10-3-6-14-5-1-2-9-17(14)18/h1-2,4-5,7-9,13,18,20H,3,6,10,12H2. The van der Waals surface area contributed by atoms with Crippen molar-refractivity contribution in [3.8, 4) is 11.8 Å². The molecule has 0 bridgehead atoms. The molecule has 0 saturated carbocycles. The van der Waals surface area contributed by atoms with Crippen molar-refractivity contribution in [2.24, 2.45) is 0 Å². The van der Waals surface area contributed by atoms with Gasteiger partial charge in [0.2, 0.25) is 0 Å². The molecule has 0 aromatic heterocycles. The summed E-state index contributed by atoms with van der Waals surface area (Å²) in [5.74, 6) is 0.727. The van der Waals surface area contributed by atoms with Gasteiger partial charge in [0.25, 0.3) is 0 Å². The molecule has 0 saturated heterocycles. The summed E-state index contributed by atoms with van der Waals surface area (Å²) in [6.07, 6.45) is 3.51. The zero-order valence-electron chi connectivity index (χ0n) is 11.9. The summed E-state index contributed by atoms with van der Waals surface area (Å²) in [5, 5.41) is 12.2. The van der Waals surface area contributed by atoms with E-state index in [1.54, 1.807) is 0 Å². The molecular formula is C18H18N2O. The highest BCUT2D eigenvalue weighted by atomic mass is 16.5. The van der Waals surface area contributed by atoms with Crippen molar-refractivity contribution in [3.63, 3.8) is 0 Å². The molecule has 106 valence electrons. The second-order valence-electron chi connectivity index (χ2n) is 5.26. The maximum absolute atomic E-state index is 8.58. The molecule has 3 heteroatoms. The van der Waals surface area contributed by atoms with E-state index in [2.05, 4.69) is 29.6 Å². The molecule has 0 radical (unpaired) electrons. The minimum absolute atomic E-state index is 0.0791. The van der Waals surface area contributed by atoms with Crippen LogP contribution in [0.3, 0.4) is 0 Å². The van der Waals surface area contributed by atoms with Gasteiger partial charge in [-0.15, -0.1) is 0 Å². The Morgan fingerprint density at radius 3 is 3.00 bits per heavy atom. The van der Waals surface area contributed by atoms with Crippen LogP contribution < -0.4 is 10.1 Å². The van der Waals surface area contributed by atoms with E-state index in [9.17, 15) is 0 Å². The van der Waals surface area contributed by atoms with Gasteiger partial charge in [-0.3, -0.25) is 0 Å². The minimum Gasteiger partial charge on any atom is -0.479 e. The molecule has 0 spiro atoms. The summed E-state index contributed by atoms with van der Waals surface area (Å²) in [6.45, 7) is 0.0791. The van der Waals surface area contributed by atoms with Crippen LogP contribution in [0, 0.1) is 11.3 Å². The Morgan fingerprint density at radius 1 is 1.19 bits per heavy atom. The molecule has 3 nitrogen and oxygen atoms in total. The number of nitrogens with one attached hydrogen (secondary N) is 1. The molecule has 1 aliphatic rings. The van der Waals surface area contributed by atoms with Gasteiger partial charge in [-0.05, 0) is 42.5 Å². The highest BCUT2D eigenvalue weighted by Gasteiger charge is 2.19. The number of rotatable bonds is 4. The van der Waals surface area contributed by atoms with Crippen LogP contribution in [0.15, 0.2) is 48.5 Å². The molecule has 0 heterocycles. The highest BCUT2D eigenvalue weighted by Crippen LogP contribution is 2.32. The Bertz CT molecular complexity index is 660. The summed E-state index contributed by atoms with van der Waals surface area (Å²) < 4.78 is 5.35. The smallest absolute Gasteiger partial charge is 0.174 e. The van der Waals surface area contributed by atoms with Gasteiger partial charge < -0.3 is 10.1 Å². The summed E-state index contributed by atoms with van der Waals surface area (Å²) in [6, 6.07) is 18.8. The summed E-state index contributed by atoms with van der Waals surface area (Å²) in [5.41, 5.74) is 3.87. The Hall–Kier alpha value is -2.47. The average molecular weight is 278 g/mol. The fraction of sp³-hybridized carbons (Fsp3) is 0.278. The monoisotopic (exact) mass is 278 g/mol. The topological polar surface area (TPSA) is 45.0 Å².